The van der Waals surface area contributed by atoms with Gasteiger partial charge in [0, 0.05) is 79.0 Å². The van der Waals surface area contributed by atoms with Crippen molar-refractivity contribution in [2.45, 2.75) is 32.1 Å². The van der Waals surface area contributed by atoms with Crippen LogP contribution in [0.2, 0.25) is 0 Å². The quantitative estimate of drug-likeness (QED) is 0.587. The Kier molecular flexibility index (Phi) is 5.21. The Bertz CT molecular complexity index is 1310. The van der Waals surface area contributed by atoms with Gasteiger partial charge in [-0.3, -0.25) is 19.6 Å². The van der Waals surface area contributed by atoms with Crippen LogP contribution in [-0.4, -0.2) is 46.3 Å². The van der Waals surface area contributed by atoms with Gasteiger partial charge >= 0.3 is 0 Å². The van der Waals surface area contributed by atoms with E-state index in [1.54, 1.807) is 0 Å². The molecular formula is C28H26N4O2. The summed E-state index contributed by atoms with van der Waals surface area (Å²) < 4.78 is 0. The molecule has 4 heterocycles. The summed E-state index contributed by atoms with van der Waals surface area (Å²) in [6, 6.07) is 12.2. The summed E-state index contributed by atoms with van der Waals surface area (Å²) in [7, 11) is 0. The van der Waals surface area contributed by atoms with Crippen molar-refractivity contribution in [3.63, 3.8) is 0 Å². The zero-order valence-corrected chi connectivity index (χ0v) is 19.0. The summed E-state index contributed by atoms with van der Waals surface area (Å²) in [5, 5.41) is 0. The molecular weight excluding hydrogens is 424 g/mol. The largest absolute Gasteiger partial charge is 0.339 e. The predicted octanol–water partition coefficient (Wildman–Crippen LogP) is 4.50. The number of hydrogen-bond acceptors (Lipinski definition) is 4. The molecule has 3 aliphatic rings. The molecule has 0 unspecified atom stereocenters. The summed E-state index contributed by atoms with van der Waals surface area (Å²) in [6.45, 7) is 2.49. The molecule has 3 aromatic rings. The van der Waals surface area contributed by atoms with E-state index >= 15 is 0 Å². The third-order valence-electron chi connectivity index (χ3n) is 7.05. The van der Waals surface area contributed by atoms with E-state index in [-0.39, 0.29) is 11.8 Å². The van der Waals surface area contributed by atoms with Crippen molar-refractivity contribution in [1.29, 1.82) is 0 Å². The van der Waals surface area contributed by atoms with Gasteiger partial charge in [-0.25, -0.2) is 0 Å². The lowest BCUT2D eigenvalue weighted by Gasteiger charge is -2.16. The first-order chi connectivity index (χ1) is 16.7. The van der Waals surface area contributed by atoms with Crippen LogP contribution in [-0.2, 0) is 16.0 Å². The van der Waals surface area contributed by atoms with E-state index in [0.717, 1.165) is 83.7 Å². The maximum atomic E-state index is 12.9. The Morgan fingerprint density at radius 3 is 2.44 bits per heavy atom. The molecule has 2 amide bonds. The molecule has 2 saturated heterocycles. The molecule has 2 aliphatic heterocycles. The first-order valence-corrected chi connectivity index (χ1v) is 12.0. The normalized spacial score (nSPS) is 17.3. The predicted molar refractivity (Wildman–Crippen MR) is 132 cm³/mol. The van der Waals surface area contributed by atoms with Gasteiger partial charge in [0.2, 0.25) is 11.8 Å². The molecule has 0 radical (unpaired) electrons. The summed E-state index contributed by atoms with van der Waals surface area (Å²) >= 11 is 0. The molecule has 6 rings (SSSR count). The van der Waals surface area contributed by atoms with Crippen LogP contribution in [0.3, 0.4) is 0 Å². The highest BCUT2D eigenvalue weighted by atomic mass is 16.2. The molecule has 0 saturated carbocycles. The lowest BCUT2D eigenvalue weighted by Crippen LogP contribution is -2.29. The number of hydrogen-bond donors (Lipinski definition) is 0. The average molecular weight is 451 g/mol. The van der Waals surface area contributed by atoms with Crippen molar-refractivity contribution in [2.75, 3.05) is 24.5 Å². The number of rotatable bonds is 4. The molecule has 34 heavy (non-hydrogen) atoms. The Balaban J connectivity index is 1.30. The molecule has 0 spiro atoms. The zero-order chi connectivity index (χ0) is 23.1. The van der Waals surface area contributed by atoms with Crippen LogP contribution in [0.4, 0.5) is 5.69 Å². The van der Waals surface area contributed by atoms with Gasteiger partial charge in [-0.2, -0.15) is 0 Å². The number of amides is 2. The second-order valence-electron chi connectivity index (χ2n) is 9.22. The van der Waals surface area contributed by atoms with Crippen LogP contribution in [0.1, 0.15) is 36.9 Å². The van der Waals surface area contributed by atoms with Crippen molar-refractivity contribution >= 4 is 23.6 Å². The fourth-order valence-electron chi connectivity index (χ4n) is 5.24. The number of aromatic nitrogens is 2. The van der Waals surface area contributed by atoms with Gasteiger partial charge in [-0.1, -0.05) is 12.1 Å². The van der Waals surface area contributed by atoms with E-state index in [1.807, 2.05) is 64.8 Å². The summed E-state index contributed by atoms with van der Waals surface area (Å²) in [5.41, 5.74) is 7.85. The number of benzene rings is 1. The molecule has 0 atom stereocenters. The summed E-state index contributed by atoms with van der Waals surface area (Å²) in [4.78, 5) is 37.9. The number of pyridine rings is 2. The van der Waals surface area contributed by atoms with Gasteiger partial charge in [-0.05, 0) is 60.7 Å². The van der Waals surface area contributed by atoms with E-state index in [4.69, 9.17) is 0 Å². The number of carbonyl (C=O) groups excluding carboxylic acids is 2. The minimum atomic E-state index is 0.143. The lowest BCUT2D eigenvalue weighted by molar-refractivity contribution is -0.126. The second-order valence-corrected chi connectivity index (χ2v) is 9.22. The highest BCUT2D eigenvalue weighted by molar-refractivity contribution is 6.02. The van der Waals surface area contributed by atoms with E-state index < -0.39 is 0 Å². The Morgan fingerprint density at radius 1 is 0.882 bits per heavy atom. The fraction of sp³-hybridized carbons (Fsp3) is 0.286. The average Bonchev–Trinajstić information content (AvgIpc) is 3.64. The topological polar surface area (TPSA) is 66.4 Å². The number of fused-ring (bicyclic) bond motifs is 1. The zero-order valence-electron chi connectivity index (χ0n) is 19.0. The Hall–Kier alpha value is -3.80. The first kappa shape index (κ1) is 20.8. The molecule has 1 aliphatic carbocycles. The van der Waals surface area contributed by atoms with Crippen molar-refractivity contribution in [2.24, 2.45) is 0 Å². The second kappa shape index (κ2) is 8.52. The lowest BCUT2D eigenvalue weighted by atomic mass is 9.98. The monoisotopic (exact) mass is 450 g/mol. The van der Waals surface area contributed by atoms with E-state index in [1.165, 1.54) is 0 Å². The van der Waals surface area contributed by atoms with Gasteiger partial charge in [0.1, 0.15) is 0 Å². The van der Waals surface area contributed by atoms with Crippen LogP contribution in [0.15, 0.2) is 60.6 Å². The van der Waals surface area contributed by atoms with Crippen LogP contribution < -0.4 is 4.90 Å². The molecule has 1 aromatic carbocycles. The van der Waals surface area contributed by atoms with E-state index in [9.17, 15) is 9.59 Å². The van der Waals surface area contributed by atoms with Gasteiger partial charge < -0.3 is 9.80 Å². The van der Waals surface area contributed by atoms with Crippen LogP contribution in [0, 0.1) is 0 Å². The van der Waals surface area contributed by atoms with Gasteiger partial charge in [0.05, 0.1) is 5.69 Å². The number of likely N-dealkylation sites (tertiary alicyclic amines) is 1. The minimum absolute atomic E-state index is 0.143. The third kappa shape index (κ3) is 3.69. The summed E-state index contributed by atoms with van der Waals surface area (Å²) in [5.74, 6) is 0.337. The number of nitrogens with zero attached hydrogens (tertiary/aromatic N) is 4. The van der Waals surface area contributed by atoms with Crippen molar-refractivity contribution in [3.8, 4) is 22.3 Å². The molecule has 6 heteroatoms. The minimum Gasteiger partial charge on any atom is -0.339 e. The van der Waals surface area contributed by atoms with Crippen LogP contribution in [0.5, 0.6) is 0 Å². The maximum Gasteiger partial charge on any atom is 0.250 e. The number of carbonyl (C=O) groups is 2. The standard InChI is InChI=1S/C28H26N4O2/c33-27-4-3-13-32(27)23-7-5-19(6-8-23)21-14-22(18-29-17-21)24-9-10-30-26-16-20(15-25(24)26)28(34)31-11-1-2-12-31/h5-10,14-15,17-18H,1-4,11-13,16H2. The third-order valence-corrected chi connectivity index (χ3v) is 7.05. The van der Waals surface area contributed by atoms with E-state index in [0.29, 0.717) is 12.8 Å². The van der Waals surface area contributed by atoms with E-state index in [2.05, 4.69) is 16.0 Å². The smallest absolute Gasteiger partial charge is 0.250 e. The van der Waals surface area contributed by atoms with Gasteiger partial charge in [0.25, 0.3) is 0 Å². The van der Waals surface area contributed by atoms with Crippen molar-refractivity contribution in [3.05, 3.63) is 71.8 Å². The van der Waals surface area contributed by atoms with Crippen molar-refractivity contribution < 1.29 is 9.59 Å². The van der Waals surface area contributed by atoms with Gasteiger partial charge in [0.15, 0.2) is 0 Å². The Labute approximate surface area is 198 Å². The number of anilines is 1. The maximum absolute atomic E-state index is 12.9. The molecule has 2 fully saturated rings. The SMILES string of the molecule is O=C(C1=Cc2c(-c3cncc(-c4ccc(N5CCCC5=O)cc4)c3)ccnc2C1)N1CCCC1. The molecule has 170 valence electrons. The van der Waals surface area contributed by atoms with Gasteiger partial charge in [-0.15, -0.1) is 0 Å². The highest BCUT2D eigenvalue weighted by Crippen LogP contribution is 2.35. The van der Waals surface area contributed by atoms with Crippen molar-refractivity contribution in [1.82, 2.24) is 14.9 Å². The summed E-state index contributed by atoms with van der Waals surface area (Å²) in [6.07, 6.45) is 11.9. The Morgan fingerprint density at radius 2 is 1.68 bits per heavy atom. The fourth-order valence-corrected chi connectivity index (χ4v) is 5.24. The first-order valence-electron chi connectivity index (χ1n) is 12.0. The molecule has 0 bridgehead atoms. The van der Waals surface area contributed by atoms with Crippen LogP contribution >= 0.6 is 0 Å². The van der Waals surface area contributed by atoms with Crippen LogP contribution in [0.25, 0.3) is 28.3 Å². The molecule has 6 nitrogen and oxygen atoms in total. The molecule has 0 N–H and O–H groups in total. The highest BCUT2D eigenvalue weighted by Gasteiger charge is 2.27. The molecule has 2 aromatic heterocycles.